The second-order valence-electron chi connectivity index (χ2n) is 5.03. The summed E-state index contributed by atoms with van der Waals surface area (Å²) < 4.78 is 40.7. The number of hydrogen-bond acceptors (Lipinski definition) is 1. The Balaban J connectivity index is 2.15. The van der Waals surface area contributed by atoms with Gasteiger partial charge in [-0.3, -0.25) is 0 Å². The molecule has 1 heterocycles. The smallest absolute Gasteiger partial charge is 0.228 e. The van der Waals surface area contributed by atoms with Gasteiger partial charge < -0.3 is 0 Å². The molecule has 0 amide bonds. The highest BCUT2D eigenvalue weighted by atomic mass is 19.4. The summed E-state index contributed by atoms with van der Waals surface area (Å²) in [4.78, 5) is 0. The molecule has 2 nitrogen and oxygen atoms in total. The Morgan fingerprint density at radius 3 is 2.14 bits per heavy atom. The van der Waals surface area contributed by atoms with Crippen LogP contribution in [0.4, 0.5) is 13.2 Å². The van der Waals surface area contributed by atoms with E-state index in [2.05, 4.69) is 5.10 Å². The maximum atomic E-state index is 13.3. The Hall–Kier alpha value is -2.56. The predicted molar refractivity (Wildman–Crippen MR) is 78.7 cm³/mol. The van der Waals surface area contributed by atoms with E-state index in [1.165, 1.54) is 0 Å². The minimum absolute atomic E-state index is 0.302. The number of nitrogens with zero attached hydrogens (tertiary/aromatic N) is 2. The van der Waals surface area contributed by atoms with Crippen LogP contribution in [-0.4, -0.2) is 9.78 Å². The molecule has 22 heavy (non-hydrogen) atoms. The van der Waals surface area contributed by atoms with Crippen molar-refractivity contribution in [2.75, 3.05) is 0 Å². The Morgan fingerprint density at radius 1 is 0.909 bits per heavy atom. The summed E-state index contributed by atoms with van der Waals surface area (Å²) in [6.07, 6.45) is -4.47. The van der Waals surface area contributed by atoms with E-state index in [4.69, 9.17) is 0 Å². The zero-order valence-electron chi connectivity index (χ0n) is 11.8. The lowest BCUT2D eigenvalue weighted by molar-refractivity contribution is -0.142. The molecule has 0 atom stereocenters. The summed E-state index contributed by atoms with van der Waals surface area (Å²) in [5.41, 5.74) is 1.60. The predicted octanol–water partition coefficient (Wildman–Crippen LogP) is 4.87. The fraction of sp³-hybridized carbons (Fsp3) is 0.118. The summed E-state index contributed by atoms with van der Waals surface area (Å²) in [6.45, 7) is 1.92. The zero-order chi connectivity index (χ0) is 15.7. The molecule has 0 radical (unpaired) electrons. The molecule has 0 N–H and O–H groups in total. The number of aromatic nitrogens is 2. The van der Waals surface area contributed by atoms with Crippen LogP contribution in [0.2, 0.25) is 0 Å². The van der Waals surface area contributed by atoms with Crippen LogP contribution in [0.5, 0.6) is 0 Å². The standard InChI is InChI=1S/C17H13F3N2/c1-12-7-9-13(10-8-12)15-11-16(17(18,19)20)22(21-15)14-5-3-2-4-6-14/h2-11H,1H3. The van der Waals surface area contributed by atoms with Gasteiger partial charge in [0.2, 0.25) is 0 Å². The van der Waals surface area contributed by atoms with E-state index in [9.17, 15) is 13.2 Å². The normalized spacial score (nSPS) is 11.6. The summed E-state index contributed by atoms with van der Waals surface area (Å²) in [7, 11) is 0. The van der Waals surface area contributed by atoms with Gasteiger partial charge in [0.1, 0.15) is 5.69 Å². The van der Waals surface area contributed by atoms with E-state index >= 15 is 0 Å². The van der Waals surface area contributed by atoms with Gasteiger partial charge in [-0.2, -0.15) is 18.3 Å². The van der Waals surface area contributed by atoms with E-state index in [1.807, 2.05) is 19.1 Å². The molecule has 2 aromatic carbocycles. The molecule has 0 spiro atoms. The average Bonchev–Trinajstić information content (AvgIpc) is 2.94. The fourth-order valence-electron chi connectivity index (χ4n) is 2.21. The van der Waals surface area contributed by atoms with E-state index in [0.717, 1.165) is 16.3 Å². The largest absolute Gasteiger partial charge is 0.433 e. The third-order valence-electron chi connectivity index (χ3n) is 3.35. The molecule has 0 aliphatic carbocycles. The molecule has 0 aliphatic rings. The van der Waals surface area contributed by atoms with Crippen LogP contribution in [0.25, 0.3) is 16.9 Å². The first-order valence-electron chi connectivity index (χ1n) is 6.75. The quantitative estimate of drug-likeness (QED) is 0.660. The molecule has 3 rings (SSSR count). The maximum Gasteiger partial charge on any atom is 0.433 e. The van der Waals surface area contributed by atoms with E-state index in [-0.39, 0.29) is 0 Å². The van der Waals surface area contributed by atoms with E-state index in [1.54, 1.807) is 42.5 Å². The summed E-state index contributed by atoms with van der Waals surface area (Å²) >= 11 is 0. The van der Waals surface area contributed by atoms with Gasteiger partial charge in [0.05, 0.1) is 11.4 Å². The molecule has 0 fully saturated rings. The summed E-state index contributed by atoms with van der Waals surface area (Å²) in [5.74, 6) is 0. The van der Waals surface area contributed by atoms with E-state index in [0.29, 0.717) is 16.9 Å². The second kappa shape index (κ2) is 5.33. The van der Waals surface area contributed by atoms with Crippen molar-refractivity contribution in [3.05, 3.63) is 71.9 Å². The molecule has 0 aliphatic heterocycles. The van der Waals surface area contributed by atoms with Gasteiger partial charge in [-0.15, -0.1) is 0 Å². The number of alkyl halides is 3. The number of rotatable bonds is 2. The minimum Gasteiger partial charge on any atom is -0.228 e. The van der Waals surface area contributed by atoms with Crippen LogP contribution >= 0.6 is 0 Å². The molecule has 0 saturated carbocycles. The fourth-order valence-corrected chi connectivity index (χ4v) is 2.21. The van der Waals surface area contributed by atoms with Gasteiger partial charge in [-0.1, -0.05) is 48.0 Å². The first kappa shape index (κ1) is 14.4. The average molecular weight is 302 g/mol. The first-order chi connectivity index (χ1) is 10.4. The van der Waals surface area contributed by atoms with Crippen molar-refractivity contribution in [1.82, 2.24) is 9.78 Å². The van der Waals surface area contributed by atoms with Gasteiger partial charge in [0, 0.05) is 5.56 Å². The van der Waals surface area contributed by atoms with Crippen molar-refractivity contribution in [2.24, 2.45) is 0 Å². The third-order valence-corrected chi connectivity index (χ3v) is 3.35. The van der Waals surface area contributed by atoms with Crippen molar-refractivity contribution >= 4 is 0 Å². The van der Waals surface area contributed by atoms with Crippen LogP contribution in [0.1, 0.15) is 11.3 Å². The maximum absolute atomic E-state index is 13.3. The number of hydrogen-bond donors (Lipinski definition) is 0. The van der Waals surface area contributed by atoms with Gasteiger partial charge >= 0.3 is 6.18 Å². The number of para-hydroxylation sites is 1. The van der Waals surface area contributed by atoms with Crippen molar-refractivity contribution in [3.8, 4) is 16.9 Å². The van der Waals surface area contributed by atoms with Crippen LogP contribution in [-0.2, 0) is 6.18 Å². The summed E-state index contributed by atoms with van der Waals surface area (Å²) in [5, 5.41) is 4.14. The lowest BCUT2D eigenvalue weighted by atomic mass is 10.1. The molecule has 0 unspecified atom stereocenters. The van der Waals surface area contributed by atoms with Gasteiger partial charge in [0.25, 0.3) is 0 Å². The monoisotopic (exact) mass is 302 g/mol. The van der Waals surface area contributed by atoms with Crippen LogP contribution in [0.3, 0.4) is 0 Å². The molecule has 112 valence electrons. The molecule has 5 heteroatoms. The van der Waals surface area contributed by atoms with Crippen molar-refractivity contribution < 1.29 is 13.2 Å². The minimum atomic E-state index is -4.47. The van der Waals surface area contributed by atoms with Gasteiger partial charge in [-0.25, -0.2) is 4.68 Å². The lowest BCUT2D eigenvalue weighted by Gasteiger charge is -2.09. The topological polar surface area (TPSA) is 17.8 Å². The molecule has 0 bridgehead atoms. The first-order valence-corrected chi connectivity index (χ1v) is 6.75. The Bertz CT molecular complexity index is 772. The summed E-state index contributed by atoms with van der Waals surface area (Å²) in [6, 6.07) is 16.6. The van der Waals surface area contributed by atoms with Crippen molar-refractivity contribution in [1.29, 1.82) is 0 Å². The number of halogens is 3. The Kier molecular flexibility index (Phi) is 3.48. The highest BCUT2D eigenvalue weighted by Crippen LogP contribution is 2.34. The van der Waals surface area contributed by atoms with E-state index < -0.39 is 11.9 Å². The van der Waals surface area contributed by atoms with Gasteiger partial charge in [-0.05, 0) is 25.1 Å². The van der Waals surface area contributed by atoms with Crippen LogP contribution in [0.15, 0.2) is 60.7 Å². The highest BCUT2D eigenvalue weighted by Gasteiger charge is 2.36. The van der Waals surface area contributed by atoms with Crippen LogP contribution < -0.4 is 0 Å². The van der Waals surface area contributed by atoms with Crippen molar-refractivity contribution in [3.63, 3.8) is 0 Å². The van der Waals surface area contributed by atoms with Gasteiger partial charge in [0.15, 0.2) is 0 Å². The molecular weight excluding hydrogens is 289 g/mol. The zero-order valence-corrected chi connectivity index (χ0v) is 11.8. The highest BCUT2D eigenvalue weighted by molar-refractivity contribution is 5.60. The Morgan fingerprint density at radius 2 is 1.55 bits per heavy atom. The Labute approximate surface area is 125 Å². The lowest BCUT2D eigenvalue weighted by Crippen LogP contribution is -2.13. The molecule has 1 aromatic heterocycles. The molecule has 0 saturated heterocycles. The molecular formula is C17H13F3N2. The third kappa shape index (κ3) is 2.74. The molecule has 3 aromatic rings. The van der Waals surface area contributed by atoms with Crippen LogP contribution in [0, 0.1) is 6.92 Å². The second-order valence-corrected chi connectivity index (χ2v) is 5.03. The SMILES string of the molecule is Cc1ccc(-c2cc(C(F)(F)F)n(-c3ccccc3)n2)cc1. The number of aryl methyl sites for hydroxylation is 1. The number of benzene rings is 2. The van der Waals surface area contributed by atoms with Crippen molar-refractivity contribution in [2.45, 2.75) is 13.1 Å².